The molecule has 3 aromatic rings. The van der Waals surface area contributed by atoms with Crippen molar-refractivity contribution in [2.75, 3.05) is 5.32 Å². The number of anilines is 1. The average molecular weight is 309 g/mol. The molecule has 0 spiro atoms. The topological polar surface area (TPSA) is 84.0 Å². The van der Waals surface area contributed by atoms with Gasteiger partial charge in [0.1, 0.15) is 0 Å². The number of nitrogens with zero attached hydrogens (tertiary/aromatic N) is 1. The van der Waals surface area contributed by atoms with Crippen LogP contribution in [0.4, 0.5) is 5.69 Å². The first-order chi connectivity index (χ1) is 11.1. The van der Waals surface area contributed by atoms with Crippen LogP contribution in [0.1, 0.15) is 6.42 Å². The number of hydrogen-bond donors (Lipinski definition) is 2. The Hall–Kier alpha value is -3.15. The number of H-pyrrole nitrogens is 1. The van der Waals surface area contributed by atoms with Crippen LogP contribution in [0.25, 0.3) is 10.8 Å². The second-order valence-corrected chi connectivity index (χ2v) is 5.16. The van der Waals surface area contributed by atoms with Crippen molar-refractivity contribution in [3.05, 3.63) is 75.6 Å². The number of carbonyl (C=O) groups excluding carboxylic acids is 1. The number of carbonyl (C=O) groups is 1. The number of aromatic amines is 1. The Morgan fingerprint density at radius 3 is 2.61 bits per heavy atom. The van der Waals surface area contributed by atoms with Crippen molar-refractivity contribution in [2.24, 2.45) is 0 Å². The molecule has 0 unspecified atom stereocenters. The zero-order chi connectivity index (χ0) is 16.2. The van der Waals surface area contributed by atoms with Gasteiger partial charge < -0.3 is 9.88 Å². The normalized spacial score (nSPS) is 10.6. The maximum Gasteiger partial charge on any atom is 0.328 e. The van der Waals surface area contributed by atoms with E-state index in [4.69, 9.17) is 0 Å². The number of amides is 1. The van der Waals surface area contributed by atoms with Crippen LogP contribution in [0, 0.1) is 0 Å². The third kappa shape index (κ3) is 3.55. The zero-order valence-electron chi connectivity index (χ0n) is 12.3. The number of hydrogen-bond acceptors (Lipinski definition) is 3. The SMILES string of the molecule is O=C(CCn1ccc(=O)[nH]c1=O)Nc1ccc2ccccc2c1. The molecule has 0 saturated heterocycles. The van der Waals surface area contributed by atoms with Gasteiger partial charge in [0, 0.05) is 30.9 Å². The Morgan fingerprint density at radius 2 is 1.83 bits per heavy atom. The molecule has 23 heavy (non-hydrogen) atoms. The Morgan fingerprint density at radius 1 is 1.04 bits per heavy atom. The summed E-state index contributed by atoms with van der Waals surface area (Å²) in [7, 11) is 0. The molecule has 1 amide bonds. The third-order valence-corrected chi connectivity index (χ3v) is 3.51. The zero-order valence-corrected chi connectivity index (χ0v) is 12.3. The largest absolute Gasteiger partial charge is 0.328 e. The fourth-order valence-corrected chi connectivity index (χ4v) is 2.33. The maximum absolute atomic E-state index is 12.0. The minimum absolute atomic E-state index is 0.138. The Bertz CT molecular complexity index is 972. The van der Waals surface area contributed by atoms with Gasteiger partial charge in [-0.05, 0) is 22.9 Å². The van der Waals surface area contributed by atoms with Crippen molar-refractivity contribution in [2.45, 2.75) is 13.0 Å². The van der Waals surface area contributed by atoms with Gasteiger partial charge in [-0.2, -0.15) is 0 Å². The van der Waals surface area contributed by atoms with E-state index in [0.29, 0.717) is 5.69 Å². The van der Waals surface area contributed by atoms with Gasteiger partial charge in [-0.15, -0.1) is 0 Å². The highest BCUT2D eigenvalue weighted by Crippen LogP contribution is 2.18. The van der Waals surface area contributed by atoms with Crippen molar-refractivity contribution in [1.29, 1.82) is 0 Å². The molecule has 0 fully saturated rings. The molecular weight excluding hydrogens is 294 g/mol. The number of benzene rings is 2. The van der Waals surface area contributed by atoms with Crippen LogP contribution in [-0.2, 0) is 11.3 Å². The van der Waals surface area contributed by atoms with E-state index in [0.717, 1.165) is 10.8 Å². The van der Waals surface area contributed by atoms with E-state index in [1.165, 1.54) is 16.8 Å². The molecule has 0 aliphatic rings. The Labute approximate surface area is 131 Å². The van der Waals surface area contributed by atoms with Gasteiger partial charge in [-0.1, -0.05) is 30.3 Å². The van der Waals surface area contributed by atoms with Crippen molar-refractivity contribution in [1.82, 2.24) is 9.55 Å². The number of aryl methyl sites for hydroxylation is 1. The fraction of sp³-hybridized carbons (Fsp3) is 0.118. The lowest BCUT2D eigenvalue weighted by atomic mass is 10.1. The number of rotatable bonds is 4. The lowest BCUT2D eigenvalue weighted by Gasteiger charge is -2.07. The predicted octanol–water partition coefficient (Wildman–Crippen LogP) is 1.72. The summed E-state index contributed by atoms with van der Waals surface area (Å²) in [6.07, 6.45) is 1.52. The van der Waals surface area contributed by atoms with E-state index < -0.39 is 11.2 Å². The monoisotopic (exact) mass is 309 g/mol. The minimum atomic E-state index is -0.518. The molecule has 1 aromatic heterocycles. The number of aromatic nitrogens is 2. The van der Waals surface area contributed by atoms with Crippen LogP contribution >= 0.6 is 0 Å². The summed E-state index contributed by atoms with van der Waals surface area (Å²) in [5, 5.41) is 4.95. The van der Waals surface area contributed by atoms with Gasteiger partial charge >= 0.3 is 5.69 Å². The number of nitrogens with one attached hydrogen (secondary N) is 2. The van der Waals surface area contributed by atoms with E-state index in [-0.39, 0.29) is 18.9 Å². The first-order valence-corrected chi connectivity index (χ1v) is 7.20. The van der Waals surface area contributed by atoms with Crippen LogP contribution in [0.2, 0.25) is 0 Å². The van der Waals surface area contributed by atoms with Gasteiger partial charge in [0.2, 0.25) is 5.91 Å². The highest BCUT2D eigenvalue weighted by Gasteiger charge is 2.05. The standard InChI is InChI=1S/C17H15N3O3/c21-15(7-9-20-10-8-16(22)19-17(20)23)18-14-6-5-12-3-1-2-4-13(12)11-14/h1-6,8,10-11H,7,9H2,(H,18,21)(H,19,22,23). The summed E-state index contributed by atoms with van der Waals surface area (Å²) >= 11 is 0. The lowest BCUT2D eigenvalue weighted by molar-refractivity contribution is -0.116. The van der Waals surface area contributed by atoms with Gasteiger partial charge in [-0.25, -0.2) is 4.79 Å². The predicted molar refractivity (Wildman–Crippen MR) is 88.5 cm³/mol. The van der Waals surface area contributed by atoms with Crippen LogP contribution in [0.3, 0.4) is 0 Å². The summed E-state index contributed by atoms with van der Waals surface area (Å²) < 4.78 is 1.29. The van der Waals surface area contributed by atoms with Crippen molar-refractivity contribution < 1.29 is 4.79 Å². The molecule has 0 bridgehead atoms. The summed E-state index contributed by atoms with van der Waals surface area (Å²) in [5.74, 6) is -0.196. The molecule has 0 saturated carbocycles. The number of fused-ring (bicyclic) bond motifs is 1. The fourth-order valence-electron chi connectivity index (χ4n) is 2.33. The van der Waals surface area contributed by atoms with E-state index in [1.54, 1.807) is 0 Å². The molecule has 6 nitrogen and oxygen atoms in total. The van der Waals surface area contributed by atoms with E-state index in [9.17, 15) is 14.4 Å². The van der Waals surface area contributed by atoms with Crippen LogP contribution in [0.5, 0.6) is 0 Å². The summed E-state index contributed by atoms with van der Waals surface area (Å²) in [5.41, 5.74) is -0.259. The third-order valence-electron chi connectivity index (χ3n) is 3.51. The quantitative estimate of drug-likeness (QED) is 0.769. The van der Waals surface area contributed by atoms with E-state index >= 15 is 0 Å². The van der Waals surface area contributed by atoms with Crippen molar-refractivity contribution in [3.63, 3.8) is 0 Å². The second-order valence-electron chi connectivity index (χ2n) is 5.16. The molecule has 0 aliphatic heterocycles. The summed E-state index contributed by atoms with van der Waals surface area (Å²) in [4.78, 5) is 36.7. The van der Waals surface area contributed by atoms with Gasteiger partial charge in [0.25, 0.3) is 5.56 Å². The van der Waals surface area contributed by atoms with Gasteiger partial charge in [0.15, 0.2) is 0 Å². The highest BCUT2D eigenvalue weighted by molar-refractivity contribution is 5.94. The summed E-state index contributed by atoms with van der Waals surface area (Å²) in [6, 6.07) is 14.8. The first kappa shape index (κ1) is 14.8. The Kier molecular flexibility index (Phi) is 4.05. The average Bonchev–Trinajstić information content (AvgIpc) is 2.54. The molecule has 2 N–H and O–H groups in total. The molecule has 0 aliphatic carbocycles. The molecule has 116 valence electrons. The summed E-state index contributed by atoms with van der Waals surface area (Å²) in [6.45, 7) is 0.203. The molecule has 0 atom stereocenters. The highest BCUT2D eigenvalue weighted by atomic mass is 16.2. The van der Waals surface area contributed by atoms with E-state index in [1.807, 2.05) is 42.5 Å². The van der Waals surface area contributed by atoms with Crippen LogP contribution in [0.15, 0.2) is 64.3 Å². The van der Waals surface area contributed by atoms with Gasteiger partial charge in [0.05, 0.1) is 0 Å². The molecule has 6 heteroatoms. The minimum Gasteiger partial charge on any atom is -0.326 e. The van der Waals surface area contributed by atoms with Crippen LogP contribution in [-0.4, -0.2) is 15.5 Å². The Balaban J connectivity index is 1.66. The molecular formula is C17H15N3O3. The molecule has 1 heterocycles. The molecule has 3 rings (SSSR count). The van der Waals surface area contributed by atoms with E-state index in [2.05, 4.69) is 10.3 Å². The van der Waals surface area contributed by atoms with Gasteiger partial charge in [-0.3, -0.25) is 14.6 Å². The van der Waals surface area contributed by atoms with Crippen molar-refractivity contribution >= 4 is 22.4 Å². The smallest absolute Gasteiger partial charge is 0.326 e. The van der Waals surface area contributed by atoms with Crippen molar-refractivity contribution in [3.8, 4) is 0 Å². The molecule has 0 radical (unpaired) electrons. The first-order valence-electron chi connectivity index (χ1n) is 7.20. The molecule has 2 aromatic carbocycles. The second kappa shape index (κ2) is 6.31. The maximum atomic E-state index is 12.0. The lowest BCUT2D eigenvalue weighted by Crippen LogP contribution is -2.29. The van der Waals surface area contributed by atoms with Crippen LogP contribution < -0.4 is 16.6 Å².